The average molecular weight is 372 g/mol. The summed E-state index contributed by atoms with van der Waals surface area (Å²) in [5.74, 6) is -1.16. The molecule has 1 amide bonds. The quantitative estimate of drug-likeness (QED) is 0.605. The van der Waals surface area contributed by atoms with Crippen LogP contribution in [-0.4, -0.2) is 55.5 Å². The number of ketones is 1. The molecule has 3 rings (SSSR count). The lowest BCUT2D eigenvalue weighted by Crippen LogP contribution is -2.52. The number of hydrogen-bond acceptors (Lipinski definition) is 4. The Morgan fingerprint density at radius 2 is 1.42 bits per heavy atom. The van der Waals surface area contributed by atoms with Gasteiger partial charge in [-0.2, -0.15) is 4.31 Å². The van der Waals surface area contributed by atoms with Crippen LogP contribution in [0.15, 0.2) is 59.5 Å². The molecule has 2 aromatic rings. The summed E-state index contributed by atoms with van der Waals surface area (Å²) in [6.45, 7) is 2.64. The molecule has 1 aliphatic rings. The number of hydrogen-bond donors (Lipinski definition) is 0. The van der Waals surface area contributed by atoms with Gasteiger partial charge in [0.05, 0.1) is 4.90 Å². The molecule has 2 aromatic carbocycles. The Hall–Kier alpha value is -2.51. The van der Waals surface area contributed by atoms with Gasteiger partial charge in [0.25, 0.3) is 5.91 Å². The highest BCUT2D eigenvalue weighted by Crippen LogP contribution is 2.17. The van der Waals surface area contributed by atoms with Crippen molar-refractivity contribution < 1.29 is 18.0 Å². The van der Waals surface area contributed by atoms with Crippen molar-refractivity contribution in [1.82, 2.24) is 9.21 Å². The van der Waals surface area contributed by atoms with Gasteiger partial charge < -0.3 is 4.90 Å². The zero-order chi connectivity index (χ0) is 18.7. The van der Waals surface area contributed by atoms with E-state index in [1.807, 2.05) is 6.92 Å². The lowest BCUT2D eigenvalue weighted by molar-refractivity contribution is -0.127. The van der Waals surface area contributed by atoms with Gasteiger partial charge in [-0.15, -0.1) is 0 Å². The molecule has 0 radical (unpaired) electrons. The van der Waals surface area contributed by atoms with Crippen molar-refractivity contribution in [3.8, 4) is 0 Å². The highest BCUT2D eigenvalue weighted by Gasteiger charge is 2.32. The first-order valence-electron chi connectivity index (χ1n) is 8.35. The molecule has 136 valence electrons. The van der Waals surface area contributed by atoms with Crippen LogP contribution in [-0.2, 0) is 14.8 Å². The third kappa shape index (κ3) is 3.68. The SMILES string of the molecule is Cc1ccc(C(=O)C(=O)N2CCN(S(=O)(=O)c3ccccc3)CC2)cc1. The zero-order valence-electron chi connectivity index (χ0n) is 14.5. The Balaban J connectivity index is 1.66. The number of sulfonamides is 1. The fourth-order valence-corrected chi connectivity index (χ4v) is 4.29. The van der Waals surface area contributed by atoms with Crippen LogP contribution >= 0.6 is 0 Å². The molecule has 0 aliphatic carbocycles. The van der Waals surface area contributed by atoms with Crippen molar-refractivity contribution >= 4 is 21.7 Å². The topological polar surface area (TPSA) is 74.8 Å². The van der Waals surface area contributed by atoms with Gasteiger partial charge in [-0.05, 0) is 19.1 Å². The summed E-state index contributed by atoms with van der Waals surface area (Å²) in [6.07, 6.45) is 0. The van der Waals surface area contributed by atoms with Gasteiger partial charge in [-0.1, -0.05) is 48.0 Å². The van der Waals surface area contributed by atoms with E-state index in [0.29, 0.717) is 5.56 Å². The van der Waals surface area contributed by atoms with Gasteiger partial charge in [0.15, 0.2) is 0 Å². The molecule has 1 aliphatic heterocycles. The normalized spacial score (nSPS) is 15.7. The predicted molar refractivity (Wildman–Crippen MR) is 97.3 cm³/mol. The van der Waals surface area contributed by atoms with E-state index in [2.05, 4.69) is 0 Å². The molecular weight excluding hydrogens is 352 g/mol. The third-order valence-electron chi connectivity index (χ3n) is 4.41. The number of carbonyl (C=O) groups is 2. The first-order chi connectivity index (χ1) is 12.4. The number of aryl methyl sites for hydroxylation is 1. The standard InChI is InChI=1S/C19H20N2O4S/c1-15-7-9-16(10-8-15)18(22)19(23)20-11-13-21(14-12-20)26(24,25)17-5-3-2-4-6-17/h2-10H,11-14H2,1H3. The summed E-state index contributed by atoms with van der Waals surface area (Å²) >= 11 is 0. The molecule has 1 heterocycles. The molecule has 0 unspecified atom stereocenters. The largest absolute Gasteiger partial charge is 0.333 e. The lowest BCUT2D eigenvalue weighted by atomic mass is 10.1. The van der Waals surface area contributed by atoms with Gasteiger partial charge in [0.2, 0.25) is 15.8 Å². The molecule has 6 nitrogen and oxygen atoms in total. The Morgan fingerprint density at radius 1 is 0.846 bits per heavy atom. The number of piperazine rings is 1. The smallest absolute Gasteiger partial charge is 0.295 e. The number of amides is 1. The van der Waals surface area contributed by atoms with Crippen molar-refractivity contribution in [3.05, 3.63) is 65.7 Å². The van der Waals surface area contributed by atoms with Gasteiger partial charge >= 0.3 is 0 Å². The third-order valence-corrected chi connectivity index (χ3v) is 6.33. The first-order valence-corrected chi connectivity index (χ1v) is 9.79. The molecule has 0 saturated carbocycles. The summed E-state index contributed by atoms with van der Waals surface area (Å²) in [7, 11) is -3.58. The minimum absolute atomic E-state index is 0.171. The van der Waals surface area contributed by atoms with Crippen LogP contribution in [0, 0.1) is 6.92 Å². The van der Waals surface area contributed by atoms with Crippen LogP contribution in [0.2, 0.25) is 0 Å². The Labute approximate surface area is 153 Å². The maximum absolute atomic E-state index is 12.6. The number of Topliss-reactive ketones (excluding diaryl/α,β-unsaturated/α-hetero) is 1. The fourth-order valence-electron chi connectivity index (χ4n) is 2.85. The van der Waals surface area contributed by atoms with Crippen LogP contribution in [0.5, 0.6) is 0 Å². The van der Waals surface area contributed by atoms with Gasteiger partial charge in [-0.3, -0.25) is 9.59 Å². The van der Waals surface area contributed by atoms with Crippen LogP contribution in [0.3, 0.4) is 0 Å². The van der Waals surface area contributed by atoms with E-state index in [1.54, 1.807) is 54.6 Å². The Bertz CT molecular complexity index is 900. The van der Waals surface area contributed by atoms with Gasteiger partial charge in [0.1, 0.15) is 0 Å². The molecule has 26 heavy (non-hydrogen) atoms. The van der Waals surface area contributed by atoms with Crippen molar-refractivity contribution in [2.75, 3.05) is 26.2 Å². The van der Waals surface area contributed by atoms with E-state index < -0.39 is 21.7 Å². The Kier molecular flexibility index (Phi) is 5.20. The number of benzene rings is 2. The summed E-state index contributed by atoms with van der Waals surface area (Å²) in [6, 6.07) is 15.0. The first kappa shape index (κ1) is 18.3. The van der Waals surface area contributed by atoms with E-state index in [-0.39, 0.29) is 31.1 Å². The van der Waals surface area contributed by atoms with Crippen LogP contribution in [0.4, 0.5) is 0 Å². The second-order valence-corrected chi connectivity index (χ2v) is 8.14. The zero-order valence-corrected chi connectivity index (χ0v) is 15.3. The molecule has 0 bridgehead atoms. The molecule has 0 N–H and O–H groups in total. The molecule has 0 aromatic heterocycles. The lowest BCUT2D eigenvalue weighted by Gasteiger charge is -2.33. The minimum Gasteiger partial charge on any atom is -0.333 e. The molecule has 1 fully saturated rings. The summed E-state index contributed by atoms with van der Waals surface area (Å²) < 4.78 is 26.6. The summed E-state index contributed by atoms with van der Waals surface area (Å²) in [5, 5.41) is 0. The predicted octanol–water partition coefficient (Wildman–Crippen LogP) is 1.71. The van der Waals surface area contributed by atoms with Crippen molar-refractivity contribution in [2.24, 2.45) is 0 Å². The molecule has 7 heteroatoms. The van der Waals surface area contributed by atoms with Gasteiger partial charge in [-0.25, -0.2) is 8.42 Å². The highest BCUT2D eigenvalue weighted by molar-refractivity contribution is 7.89. The van der Waals surface area contributed by atoms with Crippen LogP contribution in [0.1, 0.15) is 15.9 Å². The average Bonchev–Trinajstić information content (AvgIpc) is 2.68. The maximum atomic E-state index is 12.6. The number of carbonyl (C=O) groups excluding carboxylic acids is 2. The van der Waals surface area contributed by atoms with Crippen molar-refractivity contribution in [1.29, 1.82) is 0 Å². The molecule has 0 spiro atoms. The van der Waals surface area contributed by atoms with E-state index in [0.717, 1.165) is 5.56 Å². The van der Waals surface area contributed by atoms with Crippen LogP contribution in [0.25, 0.3) is 0 Å². The number of nitrogens with zero attached hydrogens (tertiary/aromatic N) is 2. The summed E-state index contributed by atoms with van der Waals surface area (Å²) in [5.41, 5.74) is 1.36. The number of rotatable bonds is 4. The molecule has 0 atom stereocenters. The highest BCUT2D eigenvalue weighted by atomic mass is 32.2. The van der Waals surface area contributed by atoms with Crippen molar-refractivity contribution in [3.63, 3.8) is 0 Å². The van der Waals surface area contributed by atoms with E-state index in [4.69, 9.17) is 0 Å². The van der Waals surface area contributed by atoms with E-state index in [9.17, 15) is 18.0 Å². The van der Waals surface area contributed by atoms with Crippen LogP contribution < -0.4 is 0 Å². The Morgan fingerprint density at radius 3 is 2.00 bits per heavy atom. The maximum Gasteiger partial charge on any atom is 0.295 e. The van der Waals surface area contributed by atoms with Gasteiger partial charge in [0, 0.05) is 31.7 Å². The second kappa shape index (κ2) is 7.39. The second-order valence-electron chi connectivity index (χ2n) is 6.20. The fraction of sp³-hybridized carbons (Fsp3) is 0.263. The monoisotopic (exact) mass is 372 g/mol. The molecular formula is C19H20N2O4S. The van der Waals surface area contributed by atoms with E-state index >= 15 is 0 Å². The summed E-state index contributed by atoms with van der Waals surface area (Å²) in [4.78, 5) is 26.4. The molecule has 1 saturated heterocycles. The minimum atomic E-state index is -3.58. The van der Waals surface area contributed by atoms with Crippen molar-refractivity contribution in [2.45, 2.75) is 11.8 Å². The van der Waals surface area contributed by atoms with E-state index in [1.165, 1.54) is 9.21 Å².